The fourth-order valence-corrected chi connectivity index (χ4v) is 1.62. The first-order valence-electron chi connectivity index (χ1n) is 3.54. The minimum Gasteiger partial charge on any atom is -0.406 e. The van der Waals surface area contributed by atoms with Gasteiger partial charge in [0, 0.05) is 9.13 Å². The van der Waals surface area contributed by atoms with Crippen molar-refractivity contribution in [3.63, 3.8) is 0 Å². The number of hydrogen-bond donors (Lipinski definition) is 0. The topological polar surface area (TPSA) is 26.3 Å². The van der Waals surface area contributed by atoms with Crippen LogP contribution < -0.4 is 4.74 Å². The lowest BCUT2D eigenvalue weighted by atomic mass is 10.2. The summed E-state index contributed by atoms with van der Waals surface area (Å²) < 4.78 is 39.7. The third-order valence-electron chi connectivity index (χ3n) is 1.33. The van der Waals surface area contributed by atoms with E-state index in [0.29, 0.717) is 3.57 Å². The van der Waals surface area contributed by atoms with E-state index in [9.17, 15) is 18.0 Å². The van der Waals surface area contributed by atoms with Crippen molar-refractivity contribution in [2.75, 3.05) is 0 Å². The second kappa shape index (κ2) is 4.56. The number of carbonyl (C=O) groups excluding carboxylic acids is 1. The summed E-state index contributed by atoms with van der Waals surface area (Å²) in [5.74, 6) is -0.460. The molecule has 1 rings (SSSR count). The second-order valence-electron chi connectivity index (χ2n) is 2.50. The predicted molar refractivity (Wildman–Crippen MR) is 56.0 cm³/mol. The van der Waals surface area contributed by atoms with Gasteiger partial charge in [-0.05, 0) is 52.4 Å². The standard InChI is InChI=1S/C8H3ClF3IO2/c9-7(14)4-1-5(13)3-6(2-4)15-8(10,11)12/h1-3H. The van der Waals surface area contributed by atoms with Gasteiger partial charge in [-0.25, -0.2) is 0 Å². The van der Waals surface area contributed by atoms with Gasteiger partial charge in [-0.15, -0.1) is 13.2 Å². The van der Waals surface area contributed by atoms with E-state index in [0.717, 1.165) is 12.1 Å². The van der Waals surface area contributed by atoms with Gasteiger partial charge in [0.1, 0.15) is 5.75 Å². The van der Waals surface area contributed by atoms with Crippen LogP contribution in [0.5, 0.6) is 5.75 Å². The van der Waals surface area contributed by atoms with Crippen molar-refractivity contribution < 1.29 is 22.7 Å². The third-order valence-corrected chi connectivity index (χ3v) is 2.17. The van der Waals surface area contributed by atoms with Crippen molar-refractivity contribution in [2.24, 2.45) is 0 Å². The molecule has 0 aliphatic heterocycles. The molecular weight excluding hydrogens is 347 g/mol. The molecule has 0 heterocycles. The first-order chi connectivity index (χ1) is 6.78. The fourth-order valence-electron chi connectivity index (χ4n) is 0.869. The van der Waals surface area contributed by atoms with Gasteiger partial charge in [0.2, 0.25) is 0 Å². The highest BCUT2D eigenvalue weighted by Gasteiger charge is 2.31. The Kier molecular flexibility index (Phi) is 3.82. The minimum atomic E-state index is -4.78. The van der Waals surface area contributed by atoms with Crippen LogP contribution in [-0.4, -0.2) is 11.6 Å². The summed E-state index contributed by atoms with van der Waals surface area (Å²) in [5.41, 5.74) is -0.0391. The summed E-state index contributed by atoms with van der Waals surface area (Å²) in [4.78, 5) is 10.7. The fraction of sp³-hybridized carbons (Fsp3) is 0.125. The highest BCUT2D eigenvalue weighted by atomic mass is 127. The van der Waals surface area contributed by atoms with Gasteiger partial charge in [0.25, 0.3) is 5.24 Å². The van der Waals surface area contributed by atoms with Crippen molar-refractivity contribution >= 4 is 39.4 Å². The van der Waals surface area contributed by atoms with Gasteiger partial charge in [-0.3, -0.25) is 4.79 Å². The molecule has 0 saturated carbocycles. The van der Waals surface area contributed by atoms with Crippen molar-refractivity contribution in [3.05, 3.63) is 27.3 Å². The van der Waals surface area contributed by atoms with E-state index in [4.69, 9.17) is 11.6 Å². The van der Waals surface area contributed by atoms with E-state index >= 15 is 0 Å². The molecule has 82 valence electrons. The van der Waals surface area contributed by atoms with Gasteiger partial charge >= 0.3 is 6.36 Å². The Morgan fingerprint density at radius 2 is 1.93 bits per heavy atom. The van der Waals surface area contributed by atoms with Gasteiger partial charge in [-0.2, -0.15) is 0 Å². The van der Waals surface area contributed by atoms with E-state index in [1.165, 1.54) is 6.07 Å². The normalized spacial score (nSPS) is 11.3. The number of carbonyl (C=O) groups is 1. The number of alkyl halides is 3. The second-order valence-corrected chi connectivity index (χ2v) is 4.09. The number of hydrogen-bond acceptors (Lipinski definition) is 2. The Hall–Kier alpha value is -0.500. The molecule has 1 aromatic carbocycles. The summed E-state index contributed by atoms with van der Waals surface area (Å²) >= 11 is 6.90. The minimum absolute atomic E-state index is 0.0391. The Bertz CT molecular complexity index is 392. The zero-order valence-electron chi connectivity index (χ0n) is 6.94. The maximum Gasteiger partial charge on any atom is 0.573 e. The van der Waals surface area contributed by atoms with Gasteiger partial charge < -0.3 is 4.74 Å². The molecule has 0 amide bonds. The molecule has 0 unspecified atom stereocenters. The van der Waals surface area contributed by atoms with Crippen molar-refractivity contribution in [3.8, 4) is 5.75 Å². The largest absolute Gasteiger partial charge is 0.573 e. The number of benzene rings is 1. The summed E-state index contributed by atoms with van der Waals surface area (Å²) in [5, 5.41) is -0.833. The molecule has 0 aliphatic carbocycles. The Labute approximate surface area is 101 Å². The third kappa shape index (κ3) is 4.25. The molecule has 0 atom stereocenters. The lowest BCUT2D eigenvalue weighted by Crippen LogP contribution is -2.17. The quantitative estimate of drug-likeness (QED) is 0.602. The zero-order chi connectivity index (χ0) is 11.6. The van der Waals surface area contributed by atoms with Crippen LogP contribution in [0.1, 0.15) is 10.4 Å². The maximum absolute atomic E-state index is 11.9. The summed E-state index contributed by atoms with van der Waals surface area (Å²) in [6, 6.07) is 3.45. The van der Waals surface area contributed by atoms with Crippen LogP contribution in [0.2, 0.25) is 0 Å². The van der Waals surface area contributed by atoms with E-state index < -0.39 is 17.4 Å². The van der Waals surface area contributed by atoms with E-state index in [1.54, 1.807) is 22.6 Å². The first kappa shape index (κ1) is 12.6. The molecular formula is C8H3ClF3IO2. The smallest absolute Gasteiger partial charge is 0.406 e. The maximum atomic E-state index is 11.9. The SMILES string of the molecule is O=C(Cl)c1cc(I)cc(OC(F)(F)F)c1. The van der Waals surface area contributed by atoms with Crippen molar-refractivity contribution in [1.82, 2.24) is 0 Å². The number of ether oxygens (including phenoxy) is 1. The zero-order valence-corrected chi connectivity index (χ0v) is 9.85. The predicted octanol–water partition coefficient (Wildman–Crippen LogP) is 3.57. The molecule has 0 N–H and O–H groups in total. The Balaban J connectivity index is 3.04. The molecule has 0 radical (unpaired) electrons. The van der Waals surface area contributed by atoms with E-state index in [-0.39, 0.29) is 5.56 Å². The molecule has 0 spiro atoms. The monoisotopic (exact) mass is 350 g/mol. The molecule has 0 fully saturated rings. The molecule has 7 heteroatoms. The average molecular weight is 350 g/mol. The summed E-state index contributed by atoms with van der Waals surface area (Å²) in [7, 11) is 0. The van der Waals surface area contributed by atoms with E-state index in [1.807, 2.05) is 0 Å². The molecule has 0 aliphatic rings. The van der Waals surface area contributed by atoms with Crippen molar-refractivity contribution in [2.45, 2.75) is 6.36 Å². The highest BCUT2D eigenvalue weighted by molar-refractivity contribution is 14.1. The molecule has 0 saturated heterocycles. The lowest BCUT2D eigenvalue weighted by Gasteiger charge is -2.09. The van der Waals surface area contributed by atoms with Crippen LogP contribution in [0, 0.1) is 3.57 Å². The Morgan fingerprint density at radius 1 is 1.33 bits per heavy atom. The average Bonchev–Trinajstić information content (AvgIpc) is 1.99. The summed E-state index contributed by atoms with van der Waals surface area (Å²) in [6.07, 6.45) is -4.78. The van der Waals surface area contributed by atoms with Crippen LogP contribution in [0.4, 0.5) is 13.2 Å². The van der Waals surface area contributed by atoms with Crippen LogP contribution in [-0.2, 0) is 0 Å². The van der Waals surface area contributed by atoms with Gasteiger partial charge in [-0.1, -0.05) is 0 Å². The molecule has 1 aromatic rings. The van der Waals surface area contributed by atoms with Crippen LogP contribution in [0.3, 0.4) is 0 Å². The van der Waals surface area contributed by atoms with E-state index in [2.05, 4.69) is 4.74 Å². The number of halogens is 5. The van der Waals surface area contributed by atoms with Crippen LogP contribution in [0.25, 0.3) is 0 Å². The molecule has 0 bridgehead atoms. The van der Waals surface area contributed by atoms with Gasteiger partial charge in [0.05, 0.1) is 0 Å². The summed E-state index contributed by atoms with van der Waals surface area (Å²) in [6.45, 7) is 0. The lowest BCUT2D eigenvalue weighted by molar-refractivity contribution is -0.274. The molecule has 15 heavy (non-hydrogen) atoms. The van der Waals surface area contributed by atoms with Crippen LogP contribution >= 0.6 is 34.2 Å². The molecule has 2 nitrogen and oxygen atoms in total. The van der Waals surface area contributed by atoms with Crippen LogP contribution in [0.15, 0.2) is 18.2 Å². The van der Waals surface area contributed by atoms with Gasteiger partial charge in [0.15, 0.2) is 0 Å². The number of rotatable bonds is 2. The Morgan fingerprint density at radius 3 is 2.40 bits per heavy atom. The highest BCUT2D eigenvalue weighted by Crippen LogP contribution is 2.26. The van der Waals surface area contributed by atoms with Crippen molar-refractivity contribution in [1.29, 1.82) is 0 Å². The first-order valence-corrected chi connectivity index (χ1v) is 5.00. The molecule has 0 aromatic heterocycles.